The fourth-order valence-corrected chi connectivity index (χ4v) is 1.82. The van der Waals surface area contributed by atoms with Gasteiger partial charge in [-0.25, -0.2) is 0 Å². The molecule has 0 saturated carbocycles. The van der Waals surface area contributed by atoms with Crippen LogP contribution in [0.1, 0.15) is 24.2 Å². The Bertz CT molecular complexity index is 254. The highest BCUT2D eigenvalue weighted by molar-refractivity contribution is 5.22. The van der Waals surface area contributed by atoms with E-state index in [1.54, 1.807) is 6.26 Å². The molecule has 2 nitrogen and oxygen atoms in total. The van der Waals surface area contributed by atoms with E-state index in [-0.39, 0.29) is 0 Å². The van der Waals surface area contributed by atoms with Crippen LogP contribution in [0.4, 0.5) is 0 Å². The van der Waals surface area contributed by atoms with Crippen molar-refractivity contribution in [2.75, 3.05) is 13.6 Å². The lowest BCUT2D eigenvalue weighted by molar-refractivity contribution is 0.265. The summed E-state index contributed by atoms with van der Waals surface area (Å²) < 4.78 is 5.39. The van der Waals surface area contributed by atoms with E-state index in [0.29, 0.717) is 5.92 Å². The highest BCUT2D eigenvalue weighted by atomic mass is 16.3. The molecule has 0 amide bonds. The lowest BCUT2D eigenvalue weighted by Crippen LogP contribution is -2.28. The Morgan fingerprint density at radius 2 is 2.45 bits per heavy atom. The summed E-state index contributed by atoms with van der Waals surface area (Å²) in [5.74, 6) is 1.74. The van der Waals surface area contributed by atoms with Crippen LogP contribution in [0, 0.1) is 0 Å². The number of nitrogens with zero attached hydrogens (tertiary/aromatic N) is 1. The van der Waals surface area contributed by atoms with Crippen molar-refractivity contribution in [3.05, 3.63) is 23.7 Å². The molecular weight excluding hydrogens is 138 g/mol. The molecule has 0 spiro atoms. The summed E-state index contributed by atoms with van der Waals surface area (Å²) in [5, 5.41) is 0. The van der Waals surface area contributed by atoms with E-state index in [2.05, 4.69) is 24.9 Å². The second-order valence-electron chi connectivity index (χ2n) is 3.41. The van der Waals surface area contributed by atoms with Crippen LogP contribution in [0.3, 0.4) is 0 Å². The summed E-state index contributed by atoms with van der Waals surface area (Å²) in [6.07, 6.45) is 1.79. The number of hydrogen-bond acceptors (Lipinski definition) is 2. The van der Waals surface area contributed by atoms with Crippen LogP contribution in [0.2, 0.25) is 0 Å². The van der Waals surface area contributed by atoms with E-state index in [1.165, 1.54) is 11.3 Å². The van der Waals surface area contributed by atoms with Gasteiger partial charge in [0.15, 0.2) is 0 Å². The Labute approximate surface area is 66.8 Å². The third-order valence-corrected chi connectivity index (χ3v) is 2.25. The summed E-state index contributed by atoms with van der Waals surface area (Å²) >= 11 is 0. The largest absolute Gasteiger partial charge is 0.469 e. The minimum Gasteiger partial charge on any atom is -0.469 e. The Morgan fingerprint density at radius 3 is 3.27 bits per heavy atom. The molecule has 1 aliphatic heterocycles. The molecule has 1 aromatic rings. The molecule has 1 atom stereocenters. The van der Waals surface area contributed by atoms with Crippen molar-refractivity contribution in [2.45, 2.75) is 19.4 Å². The summed E-state index contributed by atoms with van der Waals surface area (Å²) in [7, 11) is 2.15. The van der Waals surface area contributed by atoms with Gasteiger partial charge in [0.25, 0.3) is 0 Å². The molecule has 2 heteroatoms. The predicted molar refractivity (Wildman–Crippen MR) is 43.5 cm³/mol. The van der Waals surface area contributed by atoms with E-state index in [0.717, 1.165) is 13.1 Å². The molecule has 11 heavy (non-hydrogen) atoms. The van der Waals surface area contributed by atoms with Crippen molar-refractivity contribution in [3.8, 4) is 0 Å². The Hall–Kier alpha value is -0.760. The average molecular weight is 151 g/mol. The molecule has 1 aliphatic rings. The zero-order valence-electron chi connectivity index (χ0n) is 7.00. The smallest absolute Gasteiger partial charge is 0.112 e. The molecule has 0 bridgehead atoms. The van der Waals surface area contributed by atoms with Crippen LogP contribution in [-0.4, -0.2) is 18.5 Å². The van der Waals surface area contributed by atoms with E-state index < -0.39 is 0 Å². The van der Waals surface area contributed by atoms with E-state index >= 15 is 0 Å². The van der Waals surface area contributed by atoms with Crippen molar-refractivity contribution >= 4 is 0 Å². The number of rotatable bonds is 0. The van der Waals surface area contributed by atoms with Gasteiger partial charge in [-0.1, -0.05) is 6.92 Å². The van der Waals surface area contributed by atoms with Gasteiger partial charge in [-0.2, -0.15) is 0 Å². The fraction of sp³-hybridized carbons (Fsp3) is 0.556. The number of fused-ring (bicyclic) bond motifs is 1. The van der Waals surface area contributed by atoms with Gasteiger partial charge >= 0.3 is 0 Å². The van der Waals surface area contributed by atoms with Gasteiger partial charge in [0.1, 0.15) is 5.76 Å². The second-order valence-corrected chi connectivity index (χ2v) is 3.41. The van der Waals surface area contributed by atoms with Gasteiger partial charge in [0, 0.05) is 24.6 Å². The molecule has 0 unspecified atom stereocenters. The monoisotopic (exact) mass is 151 g/mol. The van der Waals surface area contributed by atoms with Crippen LogP contribution >= 0.6 is 0 Å². The molecule has 0 aliphatic carbocycles. The summed E-state index contributed by atoms with van der Waals surface area (Å²) in [5.41, 5.74) is 1.35. The Balaban J connectivity index is 2.36. The topological polar surface area (TPSA) is 16.4 Å². The summed E-state index contributed by atoms with van der Waals surface area (Å²) in [4.78, 5) is 2.32. The van der Waals surface area contributed by atoms with Crippen LogP contribution < -0.4 is 0 Å². The van der Waals surface area contributed by atoms with Crippen molar-refractivity contribution < 1.29 is 4.42 Å². The van der Waals surface area contributed by atoms with Gasteiger partial charge in [-0.05, 0) is 13.1 Å². The quantitative estimate of drug-likeness (QED) is 0.562. The minimum atomic E-state index is 0.554. The van der Waals surface area contributed by atoms with Crippen molar-refractivity contribution in [3.63, 3.8) is 0 Å². The normalized spacial score (nSPS) is 25.1. The van der Waals surface area contributed by atoms with Gasteiger partial charge < -0.3 is 9.32 Å². The maximum Gasteiger partial charge on any atom is 0.112 e. The van der Waals surface area contributed by atoms with Crippen LogP contribution in [0.25, 0.3) is 0 Å². The lowest BCUT2D eigenvalue weighted by atomic mass is 10.0. The molecule has 2 rings (SSSR count). The third-order valence-electron chi connectivity index (χ3n) is 2.25. The summed E-state index contributed by atoms with van der Waals surface area (Å²) in [6.45, 7) is 4.36. The van der Waals surface area contributed by atoms with E-state index in [1.807, 2.05) is 0 Å². The fourth-order valence-electron chi connectivity index (χ4n) is 1.82. The number of likely N-dealkylation sites (N-methyl/N-ethyl adjacent to an activating group) is 1. The van der Waals surface area contributed by atoms with Gasteiger partial charge in [0.05, 0.1) is 6.26 Å². The highest BCUT2D eigenvalue weighted by Gasteiger charge is 2.21. The standard InChI is InChI=1S/C9H13NO/c1-7-5-10(2)6-8-3-4-11-9(7)8/h3-4,7H,5-6H2,1-2H3/t7-/m1/s1. The molecule has 60 valence electrons. The van der Waals surface area contributed by atoms with Crippen LogP contribution in [0.5, 0.6) is 0 Å². The van der Waals surface area contributed by atoms with Crippen molar-refractivity contribution in [1.29, 1.82) is 0 Å². The zero-order chi connectivity index (χ0) is 7.84. The molecular formula is C9H13NO. The second kappa shape index (κ2) is 2.38. The SMILES string of the molecule is C[C@@H]1CN(C)Cc2ccoc21. The zero-order valence-corrected chi connectivity index (χ0v) is 7.00. The van der Waals surface area contributed by atoms with Crippen molar-refractivity contribution in [1.82, 2.24) is 4.90 Å². The maximum atomic E-state index is 5.39. The molecule has 0 N–H and O–H groups in total. The van der Waals surface area contributed by atoms with Crippen LogP contribution in [0.15, 0.2) is 16.7 Å². The first-order valence-electron chi connectivity index (χ1n) is 4.02. The third kappa shape index (κ3) is 1.07. The molecule has 2 heterocycles. The molecule has 1 aromatic heterocycles. The van der Waals surface area contributed by atoms with Gasteiger partial charge in [-0.15, -0.1) is 0 Å². The first kappa shape index (κ1) is 6.92. The van der Waals surface area contributed by atoms with E-state index in [4.69, 9.17) is 4.42 Å². The molecule has 0 fully saturated rings. The molecule has 0 radical (unpaired) electrons. The Morgan fingerprint density at radius 1 is 1.64 bits per heavy atom. The molecule has 0 saturated heterocycles. The number of furan rings is 1. The first-order valence-corrected chi connectivity index (χ1v) is 4.02. The Kier molecular flexibility index (Phi) is 1.50. The van der Waals surface area contributed by atoms with Crippen molar-refractivity contribution in [2.24, 2.45) is 0 Å². The van der Waals surface area contributed by atoms with Crippen LogP contribution in [-0.2, 0) is 6.54 Å². The van der Waals surface area contributed by atoms with Gasteiger partial charge in [-0.3, -0.25) is 0 Å². The predicted octanol–water partition coefficient (Wildman–Crippen LogP) is 1.83. The van der Waals surface area contributed by atoms with E-state index in [9.17, 15) is 0 Å². The van der Waals surface area contributed by atoms with Gasteiger partial charge in [0.2, 0.25) is 0 Å². The highest BCUT2D eigenvalue weighted by Crippen LogP contribution is 2.27. The minimum absolute atomic E-state index is 0.554. The molecule has 0 aromatic carbocycles. The number of hydrogen-bond donors (Lipinski definition) is 0. The summed E-state index contributed by atoms with van der Waals surface area (Å²) in [6, 6.07) is 2.07. The average Bonchev–Trinajstić information content (AvgIpc) is 2.34. The maximum absolute atomic E-state index is 5.39. The first-order chi connectivity index (χ1) is 5.27. The lowest BCUT2D eigenvalue weighted by Gasteiger charge is -2.26.